The zero-order chi connectivity index (χ0) is 50.8. The molecule has 4 aliphatic heterocycles. The smallest absolute Gasteiger partial charge is 0.305 e. The summed E-state index contributed by atoms with van der Waals surface area (Å²) in [6, 6.07) is 13.8. The fraction of sp³-hybridized carbons (Fsp3) is 0.481. The van der Waals surface area contributed by atoms with Gasteiger partial charge in [0.05, 0.1) is 6.42 Å². The predicted molar refractivity (Wildman–Crippen MR) is 258 cm³/mol. The van der Waals surface area contributed by atoms with Crippen LogP contribution in [0.4, 0.5) is 0 Å². The number of carbonyl (C=O) groups is 9. The first-order valence-electron chi connectivity index (χ1n) is 24.6. The molecule has 0 aliphatic carbocycles. The number of phenols is 1. The molecule has 0 unspecified atom stereocenters. The van der Waals surface area contributed by atoms with Crippen LogP contribution in [0, 0.1) is 5.92 Å². The number of nitrogens with one attached hydrogen (secondary N) is 5. The fourth-order valence-electron chi connectivity index (χ4n) is 10.1. The second kappa shape index (κ2) is 23.5. The molecule has 8 amide bonds. The van der Waals surface area contributed by atoms with E-state index in [9.17, 15) is 53.4 Å². The highest BCUT2D eigenvalue weighted by molar-refractivity contribution is 6.00. The number of nitrogens with zero attached hydrogens (tertiary/aromatic N) is 3. The van der Waals surface area contributed by atoms with E-state index in [1.807, 2.05) is 25.1 Å². The number of aromatic hydroxyl groups is 1. The second-order valence-corrected chi connectivity index (χ2v) is 19.0. The van der Waals surface area contributed by atoms with Crippen LogP contribution in [0.15, 0.2) is 84.9 Å². The van der Waals surface area contributed by atoms with Crippen molar-refractivity contribution in [1.29, 1.82) is 0 Å². The topological polar surface area (TPSA) is 264 Å². The third-order valence-corrected chi connectivity index (χ3v) is 14.1. The van der Waals surface area contributed by atoms with E-state index in [0.717, 1.165) is 5.56 Å². The van der Waals surface area contributed by atoms with Crippen molar-refractivity contribution in [2.45, 2.75) is 133 Å². The molecule has 0 bridgehead atoms. The molecule has 0 spiro atoms. The zero-order valence-electron chi connectivity index (χ0n) is 40.1. The highest BCUT2D eigenvalue weighted by Crippen LogP contribution is 2.25. The van der Waals surface area contributed by atoms with Crippen molar-refractivity contribution >= 4 is 53.2 Å². The van der Waals surface area contributed by atoms with Crippen LogP contribution in [0.3, 0.4) is 0 Å². The molecule has 4 fully saturated rings. The minimum Gasteiger partial charge on any atom is -0.508 e. The molecule has 7 N–H and O–H groups in total. The summed E-state index contributed by atoms with van der Waals surface area (Å²) in [5, 5.41) is 34.0. The van der Waals surface area contributed by atoms with Gasteiger partial charge in [0.25, 0.3) is 0 Å². The molecule has 0 radical (unpaired) electrons. The largest absolute Gasteiger partial charge is 0.508 e. The van der Waals surface area contributed by atoms with Gasteiger partial charge in [-0.05, 0) is 73.3 Å². The normalized spacial score (nSPS) is 26.8. The van der Waals surface area contributed by atoms with Crippen LogP contribution in [0.2, 0.25) is 0 Å². The van der Waals surface area contributed by atoms with Crippen LogP contribution >= 0.6 is 0 Å². The van der Waals surface area contributed by atoms with Crippen molar-refractivity contribution in [1.82, 2.24) is 41.3 Å². The average Bonchev–Trinajstić information content (AvgIpc) is 4.17. The number of fused-ring (bicyclic) bond motifs is 3. The first-order valence-corrected chi connectivity index (χ1v) is 24.6. The van der Waals surface area contributed by atoms with Crippen LogP contribution in [0.25, 0.3) is 0 Å². The Labute approximate surface area is 412 Å². The molecule has 9 atom stereocenters. The fourth-order valence-corrected chi connectivity index (χ4v) is 10.1. The Balaban J connectivity index is 1.28. The van der Waals surface area contributed by atoms with Gasteiger partial charge in [-0.3, -0.25) is 43.2 Å². The molecule has 4 saturated heterocycles. The summed E-state index contributed by atoms with van der Waals surface area (Å²) in [5.74, 6) is -7.53. The minimum atomic E-state index is -1.70. The van der Waals surface area contributed by atoms with Gasteiger partial charge in [0.15, 0.2) is 0 Å². The molecular weight excluding hydrogens is 913 g/mol. The van der Waals surface area contributed by atoms with Gasteiger partial charge in [-0.15, -0.1) is 0 Å². The van der Waals surface area contributed by atoms with E-state index in [-0.39, 0.29) is 63.9 Å². The number of benzene rings is 3. The number of carboxylic acids is 1. The minimum absolute atomic E-state index is 0.0220. The van der Waals surface area contributed by atoms with E-state index in [0.29, 0.717) is 36.8 Å². The maximum atomic E-state index is 14.8. The lowest BCUT2D eigenvalue weighted by Crippen LogP contribution is -2.62. The lowest BCUT2D eigenvalue weighted by Gasteiger charge is -2.34. The molecule has 3 aromatic rings. The van der Waals surface area contributed by atoms with E-state index in [1.54, 1.807) is 49.4 Å². The standard InChI is InChI=1S/C52H64N8O11/c1-3-31(2)44-49(68)53-36(27-34-20-22-35(61)23-21-34)45(64)54-39(30-43(62)63)52(71)59-25-11-18-41(59)47(66)55-37(28-32-13-6-4-7-14-32)50(69)58-24-10-17-40(58)46(65)56-38(29-33-15-8-5-9-16-33)51(70)60-26-12-19-42(60)48(67)57-44/h4-9,13-16,20-23,31,36-42,44,61H,3,10-12,17-19,24-30H2,1-2H3,(H,53,68)(H,54,64)(H,55,66)(H,56,65)(H,57,67)(H,62,63)/t31-,36+,37+,38-,39+,40-,41+,42+,44-/m0/s1. The summed E-state index contributed by atoms with van der Waals surface area (Å²) in [6.07, 6.45) is 1.33. The van der Waals surface area contributed by atoms with Crippen LogP contribution in [-0.2, 0) is 62.4 Å². The van der Waals surface area contributed by atoms with Crippen LogP contribution in [0.1, 0.15) is 81.9 Å². The molecular formula is C52H64N8O11. The van der Waals surface area contributed by atoms with Crippen LogP contribution in [0.5, 0.6) is 5.75 Å². The Hall–Kier alpha value is -7.31. The molecule has 378 valence electrons. The Morgan fingerprint density at radius 2 is 0.901 bits per heavy atom. The Kier molecular flexibility index (Phi) is 17.1. The van der Waals surface area contributed by atoms with Gasteiger partial charge in [0, 0.05) is 38.9 Å². The number of carboxylic acid groups (broad SMARTS) is 1. The van der Waals surface area contributed by atoms with Crippen LogP contribution in [-0.4, -0.2) is 146 Å². The maximum Gasteiger partial charge on any atom is 0.305 e. The Morgan fingerprint density at radius 3 is 1.34 bits per heavy atom. The molecule has 4 aliphatic rings. The highest BCUT2D eigenvalue weighted by atomic mass is 16.4. The SMILES string of the molecule is CC[C@H](C)[C@@H]1NC(=O)[C@H]2CCCN2C(=O)[C@H](Cc2ccccc2)NC(=O)[C@@H]2CCCN2C(=O)[C@@H](Cc2ccccc2)NC(=O)[C@H]2CCCN2C(=O)[C@@H](CC(=O)O)NC(=O)[C@@H](Cc2ccc(O)cc2)NC1=O. The first-order chi connectivity index (χ1) is 34.1. The summed E-state index contributed by atoms with van der Waals surface area (Å²) in [4.78, 5) is 133. The average molecular weight is 977 g/mol. The quantitative estimate of drug-likeness (QED) is 0.153. The van der Waals surface area contributed by atoms with E-state index >= 15 is 0 Å². The van der Waals surface area contributed by atoms with Crippen LogP contribution < -0.4 is 26.6 Å². The Morgan fingerprint density at radius 1 is 0.521 bits per heavy atom. The molecule has 71 heavy (non-hydrogen) atoms. The van der Waals surface area contributed by atoms with Crippen molar-refractivity contribution in [3.05, 3.63) is 102 Å². The molecule has 19 heteroatoms. The lowest BCUT2D eigenvalue weighted by atomic mass is 9.96. The van der Waals surface area contributed by atoms with Crippen molar-refractivity contribution < 1.29 is 53.4 Å². The Bertz CT molecular complexity index is 2440. The van der Waals surface area contributed by atoms with Gasteiger partial charge in [-0.1, -0.05) is 93.1 Å². The number of rotatable bonds is 10. The van der Waals surface area contributed by atoms with Gasteiger partial charge in [0.1, 0.15) is 54.1 Å². The summed E-state index contributed by atoms with van der Waals surface area (Å²) in [6.45, 7) is 3.93. The van der Waals surface area contributed by atoms with Gasteiger partial charge in [-0.2, -0.15) is 0 Å². The second-order valence-electron chi connectivity index (χ2n) is 19.0. The summed E-state index contributed by atoms with van der Waals surface area (Å²) in [5.41, 5.74) is 1.91. The molecule has 4 heterocycles. The number of phenolic OH excluding ortho intramolecular Hbond substituents is 1. The number of carbonyl (C=O) groups excluding carboxylic acids is 8. The van der Waals surface area contributed by atoms with E-state index in [1.165, 1.54) is 39.0 Å². The summed E-state index contributed by atoms with van der Waals surface area (Å²) >= 11 is 0. The highest BCUT2D eigenvalue weighted by Gasteiger charge is 2.45. The third-order valence-electron chi connectivity index (χ3n) is 14.1. The van der Waals surface area contributed by atoms with Gasteiger partial charge in [0.2, 0.25) is 47.3 Å². The van der Waals surface area contributed by atoms with E-state index < -0.39 is 114 Å². The van der Waals surface area contributed by atoms with Crippen molar-refractivity contribution in [2.75, 3.05) is 19.6 Å². The van der Waals surface area contributed by atoms with Gasteiger partial charge < -0.3 is 51.5 Å². The summed E-state index contributed by atoms with van der Waals surface area (Å²) in [7, 11) is 0. The van der Waals surface area contributed by atoms with Crippen molar-refractivity contribution in [3.63, 3.8) is 0 Å². The molecule has 0 saturated carbocycles. The monoisotopic (exact) mass is 976 g/mol. The van der Waals surface area contributed by atoms with Crippen molar-refractivity contribution in [2.24, 2.45) is 5.92 Å². The molecule has 0 aromatic heterocycles. The van der Waals surface area contributed by atoms with Gasteiger partial charge >= 0.3 is 5.97 Å². The number of amides is 8. The molecule has 7 rings (SSSR count). The number of hydrogen-bond acceptors (Lipinski definition) is 10. The number of hydrogen-bond donors (Lipinski definition) is 7. The lowest BCUT2D eigenvalue weighted by molar-refractivity contribution is -0.147. The van der Waals surface area contributed by atoms with E-state index in [2.05, 4.69) is 26.6 Å². The van der Waals surface area contributed by atoms with Gasteiger partial charge in [-0.25, -0.2) is 0 Å². The molecule has 3 aromatic carbocycles. The van der Waals surface area contributed by atoms with E-state index in [4.69, 9.17) is 0 Å². The third kappa shape index (κ3) is 12.7. The zero-order valence-corrected chi connectivity index (χ0v) is 40.1. The summed E-state index contributed by atoms with van der Waals surface area (Å²) < 4.78 is 0. The first kappa shape index (κ1) is 51.5. The molecule has 19 nitrogen and oxygen atoms in total. The number of aliphatic carboxylic acids is 1. The predicted octanol–water partition coefficient (Wildman–Crippen LogP) is 1.35. The maximum absolute atomic E-state index is 14.8. The van der Waals surface area contributed by atoms with Crippen molar-refractivity contribution in [3.8, 4) is 5.75 Å².